The van der Waals surface area contributed by atoms with Crippen molar-refractivity contribution in [1.82, 2.24) is 4.31 Å². The Labute approximate surface area is 138 Å². The quantitative estimate of drug-likeness (QED) is 0.845. The first-order chi connectivity index (χ1) is 10.8. The van der Waals surface area contributed by atoms with Crippen LogP contribution in [-0.2, 0) is 25.9 Å². The van der Waals surface area contributed by atoms with E-state index in [2.05, 4.69) is 6.92 Å². The Morgan fingerprint density at radius 1 is 1.09 bits per heavy atom. The third kappa shape index (κ3) is 3.31. The number of aryl methyl sites for hydroxylation is 1. The standard InChI is InChI=1S/C17H25NO4S/c1-4-5-14-6-8-15(9-7-14)23(19,20)18-10-17(11-18)12-21-16(2,3)22-13-17/h6-9H,4-5,10-13H2,1-3H3. The summed E-state index contributed by atoms with van der Waals surface area (Å²) in [5.41, 5.74) is 0.980. The number of benzene rings is 1. The topological polar surface area (TPSA) is 55.8 Å². The summed E-state index contributed by atoms with van der Waals surface area (Å²) < 4.78 is 38.3. The molecule has 2 heterocycles. The second-order valence-electron chi connectivity index (χ2n) is 7.14. The van der Waals surface area contributed by atoms with Gasteiger partial charge in [0.15, 0.2) is 5.79 Å². The molecule has 6 heteroatoms. The molecule has 1 spiro atoms. The van der Waals surface area contributed by atoms with E-state index in [0.717, 1.165) is 12.8 Å². The van der Waals surface area contributed by atoms with Gasteiger partial charge in [-0.15, -0.1) is 0 Å². The van der Waals surface area contributed by atoms with Gasteiger partial charge in [0.25, 0.3) is 0 Å². The van der Waals surface area contributed by atoms with Gasteiger partial charge in [-0.05, 0) is 38.0 Å². The molecule has 2 saturated heterocycles. The smallest absolute Gasteiger partial charge is 0.243 e. The molecular weight excluding hydrogens is 314 g/mol. The Hall–Kier alpha value is -0.950. The zero-order valence-corrected chi connectivity index (χ0v) is 14.9. The van der Waals surface area contributed by atoms with Crippen molar-refractivity contribution in [3.05, 3.63) is 29.8 Å². The van der Waals surface area contributed by atoms with Crippen molar-refractivity contribution < 1.29 is 17.9 Å². The average Bonchev–Trinajstić information content (AvgIpc) is 2.46. The Morgan fingerprint density at radius 2 is 1.65 bits per heavy atom. The lowest BCUT2D eigenvalue weighted by Gasteiger charge is -2.53. The summed E-state index contributed by atoms with van der Waals surface area (Å²) in [7, 11) is -3.42. The maximum absolute atomic E-state index is 12.7. The molecule has 5 nitrogen and oxygen atoms in total. The molecule has 1 aromatic rings. The first-order valence-corrected chi connectivity index (χ1v) is 9.57. The van der Waals surface area contributed by atoms with E-state index in [1.165, 1.54) is 9.87 Å². The summed E-state index contributed by atoms with van der Waals surface area (Å²) in [5, 5.41) is 0. The molecule has 23 heavy (non-hydrogen) atoms. The second kappa shape index (κ2) is 5.84. The van der Waals surface area contributed by atoms with Gasteiger partial charge in [0.1, 0.15) is 0 Å². The molecule has 0 saturated carbocycles. The highest BCUT2D eigenvalue weighted by molar-refractivity contribution is 7.89. The van der Waals surface area contributed by atoms with Crippen LogP contribution < -0.4 is 0 Å². The fourth-order valence-electron chi connectivity index (χ4n) is 3.06. The number of rotatable bonds is 4. The van der Waals surface area contributed by atoms with Crippen LogP contribution in [0.3, 0.4) is 0 Å². The minimum Gasteiger partial charge on any atom is -0.350 e. The van der Waals surface area contributed by atoms with Gasteiger partial charge in [-0.25, -0.2) is 8.42 Å². The number of nitrogens with zero attached hydrogens (tertiary/aromatic N) is 1. The van der Waals surface area contributed by atoms with Crippen molar-refractivity contribution >= 4 is 10.0 Å². The summed E-state index contributed by atoms with van der Waals surface area (Å²) in [4.78, 5) is 0.366. The van der Waals surface area contributed by atoms with Crippen molar-refractivity contribution in [2.75, 3.05) is 26.3 Å². The maximum atomic E-state index is 12.7. The molecule has 0 bridgehead atoms. The van der Waals surface area contributed by atoms with Gasteiger partial charge in [-0.3, -0.25) is 0 Å². The Morgan fingerprint density at radius 3 is 2.17 bits per heavy atom. The van der Waals surface area contributed by atoms with E-state index in [1.807, 2.05) is 26.0 Å². The van der Waals surface area contributed by atoms with Gasteiger partial charge < -0.3 is 9.47 Å². The van der Waals surface area contributed by atoms with Gasteiger partial charge in [0.05, 0.1) is 18.1 Å². The molecule has 3 rings (SSSR count). The molecule has 0 aliphatic carbocycles. The predicted molar refractivity (Wildman–Crippen MR) is 87.6 cm³/mol. The fourth-order valence-corrected chi connectivity index (χ4v) is 4.72. The zero-order valence-electron chi connectivity index (χ0n) is 14.0. The maximum Gasteiger partial charge on any atom is 0.243 e. The number of sulfonamides is 1. The number of ether oxygens (including phenoxy) is 2. The van der Waals surface area contributed by atoms with Crippen molar-refractivity contribution in [2.45, 2.75) is 44.3 Å². The van der Waals surface area contributed by atoms with E-state index in [4.69, 9.17) is 9.47 Å². The highest BCUT2D eigenvalue weighted by Gasteiger charge is 2.52. The van der Waals surface area contributed by atoms with Crippen molar-refractivity contribution in [3.63, 3.8) is 0 Å². The van der Waals surface area contributed by atoms with Crippen LogP contribution in [-0.4, -0.2) is 44.8 Å². The minimum atomic E-state index is -3.42. The zero-order chi connectivity index (χ0) is 16.7. The molecule has 2 aliphatic heterocycles. The van der Waals surface area contributed by atoms with E-state index in [1.54, 1.807) is 12.1 Å². The first kappa shape index (κ1) is 16.9. The average molecular weight is 339 g/mol. The summed E-state index contributed by atoms with van der Waals surface area (Å²) >= 11 is 0. The second-order valence-corrected chi connectivity index (χ2v) is 9.08. The van der Waals surface area contributed by atoms with Crippen LogP contribution in [0, 0.1) is 5.41 Å². The normalized spacial score (nSPS) is 23.6. The van der Waals surface area contributed by atoms with Gasteiger partial charge in [-0.1, -0.05) is 25.5 Å². The molecule has 0 radical (unpaired) electrons. The molecular formula is C17H25NO4S. The molecule has 2 fully saturated rings. The van der Waals surface area contributed by atoms with E-state index >= 15 is 0 Å². The Bertz CT molecular complexity index is 648. The molecule has 0 amide bonds. The summed E-state index contributed by atoms with van der Waals surface area (Å²) in [6.45, 7) is 7.88. The van der Waals surface area contributed by atoms with Crippen LogP contribution in [0.2, 0.25) is 0 Å². The third-order valence-corrected chi connectivity index (χ3v) is 6.38. The Balaban J connectivity index is 1.66. The highest BCUT2D eigenvalue weighted by atomic mass is 32.2. The number of hydrogen-bond acceptors (Lipinski definition) is 4. The van der Waals surface area contributed by atoms with Crippen molar-refractivity contribution in [2.24, 2.45) is 5.41 Å². The van der Waals surface area contributed by atoms with Crippen molar-refractivity contribution in [3.8, 4) is 0 Å². The molecule has 2 aliphatic rings. The molecule has 0 aromatic heterocycles. The van der Waals surface area contributed by atoms with Crippen molar-refractivity contribution in [1.29, 1.82) is 0 Å². The van der Waals surface area contributed by atoms with Gasteiger partial charge >= 0.3 is 0 Å². The molecule has 1 aromatic carbocycles. The van der Waals surface area contributed by atoms with E-state index < -0.39 is 15.8 Å². The van der Waals surface area contributed by atoms with E-state index in [0.29, 0.717) is 31.2 Å². The molecule has 128 valence electrons. The third-order valence-electron chi connectivity index (χ3n) is 4.58. The largest absolute Gasteiger partial charge is 0.350 e. The van der Waals surface area contributed by atoms with Crippen LogP contribution in [0.15, 0.2) is 29.2 Å². The van der Waals surface area contributed by atoms with Crippen LogP contribution in [0.4, 0.5) is 0 Å². The van der Waals surface area contributed by atoms with Crippen LogP contribution >= 0.6 is 0 Å². The summed E-state index contributed by atoms with van der Waals surface area (Å²) in [6.07, 6.45) is 2.02. The molecule has 0 atom stereocenters. The molecule has 0 unspecified atom stereocenters. The van der Waals surface area contributed by atoms with Gasteiger partial charge in [0, 0.05) is 18.5 Å². The van der Waals surface area contributed by atoms with Crippen LogP contribution in [0.1, 0.15) is 32.8 Å². The highest BCUT2D eigenvalue weighted by Crippen LogP contribution is 2.40. The van der Waals surface area contributed by atoms with Gasteiger partial charge in [0.2, 0.25) is 10.0 Å². The molecule has 0 N–H and O–H groups in total. The summed E-state index contributed by atoms with van der Waals surface area (Å²) in [5.74, 6) is -0.570. The van der Waals surface area contributed by atoms with E-state index in [-0.39, 0.29) is 5.41 Å². The SMILES string of the molecule is CCCc1ccc(S(=O)(=O)N2CC3(COC(C)(C)OC3)C2)cc1. The van der Waals surface area contributed by atoms with E-state index in [9.17, 15) is 8.42 Å². The van der Waals surface area contributed by atoms with Crippen LogP contribution in [0.25, 0.3) is 0 Å². The predicted octanol–water partition coefficient (Wildman–Crippen LogP) is 2.41. The lowest BCUT2D eigenvalue weighted by molar-refractivity contribution is -0.299. The van der Waals surface area contributed by atoms with Gasteiger partial charge in [-0.2, -0.15) is 4.31 Å². The number of hydrogen-bond donors (Lipinski definition) is 0. The lowest BCUT2D eigenvalue weighted by Crippen LogP contribution is -2.65. The summed E-state index contributed by atoms with van der Waals surface area (Å²) in [6, 6.07) is 7.23. The Kier molecular flexibility index (Phi) is 4.29. The monoisotopic (exact) mass is 339 g/mol. The van der Waals surface area contributed by atoms with Crippen LogP contribution in [0.5, 0.6) is 0 Å². The first-order valence-electron chi connectivity index (χ1n) is 8.13. The lowest BCUT2D eigenvalue weighted by atomic mass is 9.82. The fraction of sp³-hybridized carbons (Fsp3) is 0.647. The minimum absolute atomic E-state index is 0.190.